The molecule has 5 rings (SSSR count). The van der Waals surface area contributed by atoms with Crippen molar-refractivity contribution in [3.8, 4) is 11.1 Å². The fourth-order valence-corrected chi connectivity index (χ4v) is 4.59. The smallest absolute Gasteiger partial charge is 0.0709 e. The fraction of sp³-hybridized carbons (Fsp3) is 0.0938. The largest absolute Gasteiger partial charge is 0.381 e. The quantitative estimate of drug-likeness (QED) is 0.247. The molecule has 0 saturated carbocycles. The maximum Gasteiger partial charge on any atom is 0.0709 e. The Hall–Kier alpha value is -3.59. The number of nitrogens with one attached hydrogen (secondary N) is 1. The van der Waals surface area contributed by atoms with E-state index in [1.807, 2.05) is 48.7 Å². The van der Waals surface area contributed by atoms with Crippen molar-refractivity contribution >= 4 is 51.4 Å². The van der Waals surface area contributed by atoms with Crippen LogP contribution in [0.25, 0.3) is 33.7 Å². The van der Waals surface area contributed by atoms with Gasteiger partial charge in [0.05, 0.1) is 5.52 Å². The van der Waals surface area contributed by atoms with E-state index >= 15 is 0 Å². The van der Waals surface area contributed by atoms with Crippen LogP contribution < -0.4 is 5.32 Å². The standard InChI is InChI=1S/C32H26Cl2N2/c1-21-3-7-23(8-4-21)17-25(19-35-28-14-11-26(33)12-15-28)30-20-36-31-16-13-27(34)18-29(31)32(30)24-9-5-22(2)6-10-24/h3-18,20,35H,19H2,1-2H3/b25-17+. The Morgan fingerprint density at radius 3 is 2.11 bits per heavy atom. The van der Waals surface area contributed by atoms with Crippen LogP contribution >= 0.6 is 23.2 Å². The highest BCUT2D eigenvalue weighted by atomic mass is 35.5. The molecule has 0 unspecified atom stereocenters. The minimum atomic E-state index is 0.613. The van der Waals surface area contributed by atoms with Crippen LogP contribution in [0.4, 0.5) is 5.69 Å². The molecule has 2 nitrogen and oxygen atoms in total. The van der Waals surface area contributed by atoms with Crippen molar-refractivity contribution in [2.24, 2.45) is 0 Å². The molecule has 1 N–H and O–H groups in total. The molecule has 0 aliphatic heterocycles. The monoisotopic (exact) mass is 508 g/mol. The van der Waals surface area contributed by atoms with Crippen LogP contribution in [0.3, 0.4) is 0 Å². The highest BCUT2D eigenvalue weighted by Crippen LogP contribution is 2.37. The molecule has 0 aliphatic rings. The van der Waals surface area contributed by atoms with Crippen molar-refractivity contribution in [3.05, 3.63) is 129 Å². The second-order valence-electron chi connectivity index (χ2n) is 9.02. The summed E-state index contributed by atoms with van der Waals surface area (Å²) in [5.74, 6) is 0. The van der Waals surface area contributed by atoms with Gasteiger partial charge in [-0.05, 0) is 79.1 Å². The molecule has 0 bridgehead atoms. The van der Waals surface area contributed by atoms with Crippen molar-refractivity contribution < 1.29 is 0 Å². The molecule has 178 valence electrons. The summed E-state index contributed by atoms with van der Waals surface area (Å²) in [4.78, 5) is 4.82. The Bertz CT molecular complexity index is 1540. The molecule has 5 aromatic rings. The first-order valence-corrected chi connectivity index (χ1v) is 12.6. The van der Waals surface area contributed by atoms with Gasteiger partial charge in [-0.2, -0.15) is 0 Å². The summed E-state index contributed by atoms with van der Waals surface area (Å²) in [6, 6.07) is 30.8. The predicted octanol–water partition coefficient (Wildman–Crippen LogP) is 9.48. The second-order valence-corrected chi connectivity index (χ2v) is 9.89. The van der Waals surface area contributed by atoms with Crippen LogP contribution in [0, 0.1) is 13.8 Å². The van der Waals surface area contributed by atoms with E-state index < -0.39 is 0 Å². The molecule has 0 spiro atoms. The second kappa shape index (κ2) is 10.6. The van der Waals surface area contributed by atoms with Gasteiger partial charge in [-0.25, -0.2) is 0 Å². The molecule has 0 fully saturated rings. The Balaban J connectivity index is 1.69. The van der Waals surface area contributed by atoms with Crippen LogP contribution in [0.2, 0.25) is 10.0 Å². The van der Waals surface area contributed by atoms with Gasteiger partial charge in [0.15, 0.2) is 0 Å². The number of rotatable bonds is 6. The zero-order chi connectivity index (χ0) is 25.1. The van der Waals surface area contributed by atoms with E-state index in [2.05, 4.69) is 73.8 Å². The lowest BCUT2D eigenvalue weighted by molar-refractivity contribution is 1.31. The average Bonchev–Trinajstić information content (AvgIpc) is 2.88. The number of aryl methyl sites for hydroxylation is 2. The Kier molecular flexibility index (Phi) is 7.09. The van der Waals surface area contributed by atoms with Crippen LogP contribution in [0.15, 0.2) is 97.2 Å². The number of benzene rings is 4. The van der Waals surface area contributed by atoms with E-state index in [1.54, 1.807) is 0 Å². The highest BCUT2D eigenvalue weighted by Gasteiger charge is 2.16. The molecular formula is C32H26Cl2N2. The number of fused-ring (bicyclic) bond motifs is 1. The molecule has 1 heterocycles. The van der Waals surface area contributed by atoms with Crippen molar-refractivity contribution in [3.63, 3.8) is 0 Å². The van der Waals surface area contributed by atoms with E-state index in [0.29, 0.717) is 16.6 Å². The van der Waals surface area contributed by atoms with Crippen LogP contribution in [0.5, 0.6) is 0 Å². The minimum absolute atomic E-state index is 0.613. The molecule has 4 heteroatoms. The number of hydrogen-bond acceptors (Lipinski definition) is 2. The van der Waals surface area contributed by atoms with E-state index in [-0.39, 0.29) is 0 Å². The van der Waals surface area contributed by atoms with Gasteiger partial charge < -0.3 is 5.32 Å². The summed E-state index contributed by atoms with van der Waals surface area (Å²) < 4.78 is 0. The highest BCUT2D eigenvalue weighted by molar-refractivity contribution is 6.31. The van der Waals surface area contributed by atoms with Crippen molar-refractivity contribution in [1.82, 2.24) is 4.98 Å². The lowest BCUT2D eigenvalue weighted by atomic mass is 9.91. The molecule has 0 aliphatic carbocycles. The normalized spacial score (nSPS) is 11.6. The predicted molar refractivity (Wildman–Crippen MR) is 156 cm³/mol. The van der Waals surface area contributed by atoms with Gasteiger partial charge in [0.2, 0.25) is 0 Å². The van der Waals surface area contributed by atoms with Gasteiger partial charge in [0.1, 0.15) is 0 Å². The summed E-state index contributed by atoms with van der Waals surface area (Å²) in [7, 11) is 0. The fourth-order valence-electron chi connectivity index (χ4n) is 4.29. The van der Waals surface area contributed by atoms with Crippen molar-refractivity contribution in [2.45, 2.75) is 13.8 Å². The first-order chi connectivity index (χ1) is 17.5. The third kappa shape index (κ3) is 5.46. The molecule has 1 aromatic heterocycles. The number of hydrogen-bond donors (Lipinski definition) is 1. The average molecular weight is 509 g/mol. The number of halogens is 2. The van der Waals surface area contributed by atoms with Gasteiger partial charge in [-0.15, -0.1) is 0 Å². The third-order valence-corrected chi connectivity index (χ3v) is 6.75. The molecule has 0 saturated heterocycles. The van der Waals surface area contributed by atoms with Gasteiger partial charge in [-0.1, -0.05) is 82.9 Å². The SMILES string of the molecule is Cc1ccc(/C=C(\CNc2ccc(Cl)cc2)c2cnc3ccc(Cl)cc3c2-c2ccc(C)cc2)cc1. The van der Waals surface area contributed by atoms with E-state index in [4.69, 9.17) is 28.2 Å². The molecule has 0 radical (unpaired) electrons. The number of anilines is 1. The Morgan fingerprint density at radius 1 is 0.778 bits per heavy atom. The molecular weight excluding hydrogens is 483 g/mol. The molecule has 0 amide bonds. The molecule has 4 aromatic carbocycles. The van der Waals surface area contributed by atoms with Gasteiger partial charge >= 0.3 is 0 Å². The third-order valence-electron chi connectivity index (χ3n) is 6.26. The van der Waals surface area contributed by atoms with Crippen molar-refractivity contribution in [2.75, 3.05) is 11.9 Å². The van der Waals surface area contributed by atoms with Crippen LogP contribution in [-0.2, 0) is 0 Å². The van der Waals surface area contributed by atoms with E-state index in [0.717, 1.165) is 44.4 Å². The Labute approximate surface area is 222 Å². The summed E-state index contributed by atoms with van der Waals surface area (Å²) in [6.07, 6.45) is 4.21. The molecule has 36 heavy (non-hydrogen) atoms. The summed E-state index contributed by atoms with van der Waals surface area (Å²) >= 11 is 12.6. The number of pyridine rings is 1. The maximum atomic E-state index is 6.47. The minimum Gasteiger partial charge on any atom is -0.381 e. The lowest BCUT2D eigenvalue weighted by Gasteiger charge is -2.18. The summed E-state index contributed by atoms with van der Waals surface area (Å²) in [5.41, 5.74) is 9.95. The topological polar surface area (TPSA) is 24.9 Å². The first-order valence-electron chi connectivity index (χ1n) is 11.9. The van der Waals surface area contributed by atoms with E-state index in [9.17, 15) is 0 Å². The van der Waals surface area contributed by atoms with Crippen molar-refractivity contribution in [1.29, 1.82) is 0 Å². The van der Waals surface area contributed by atoms with Crippen LogP contribution in [0.1, 0.15) is 22.3 Å². The van der Waals surface area contributed by atoms with Gasteiger partial charge in [0.25, 0.3) is 0 Å². The zero-order valence-electron chi connectivity index (χ0n) is 20.2. The van der Waals surface area contributed by atoms with E-state index in [1.165, 1.54) is 11.1 Å². The molecule has 0 atom stereocenters. The van der Waals surface area contributed by atoms with Gasteiger partial charge in [0, 0.05) is 45.0 Å². The number of nitrogens with zero attached hydrogens (tertiary/aromatic N) is 1. The first kappa shape index (κ1) is 24.1. The van der Waals surface area contributed by atoms with Gasteiger partial charge in [-0.3, -0.25) is 4.98 Å². The number of aromatic nitrogens is 1. The Morgan fingerprint density at radius 2 is 1.42 bits per heavy atom. The van der Waals surface area contributed by atoms with Crippen LogP contribution in [-0.4, -0.2) is 11.5 Å². The zero-order valence-corrected chi connectivity index (χ0v) is 21.7. The summed E-state index contributed by atoms with van der Waals surface area (Å²) in [6.45, 7) is 4.82. The maximum absolute atomic E-state index is 6.47. The summed E-state index contributed by atoms with van der Waals surface area (Å²) in [5, 5.41) is 6.01. The lowest BCUT2D eigenvalue weighted by Crippen LogP contribution is -2.06.